The van der Waals surface area contributed by atoms with Gasteiger partial charge in [-0.1, -0.05) is 20.8 Å². The van der Waals surface area contributed by atoms with Crippen molar-refractivity contribution in [1.29, 1.82) is 0 Å². The zero-order valence-corrected chi connectivity index (χ0v) is 16.0. The fourth-order valence-electron chi connectivity index (χ4n) is 2.56. The molecule has 1 aromatic rings. The van der Waals surface area contributed by atoms with Gasteiger partial charge in [0, 0.05) is 29.9 Å². The van der Waals surface area contributed by atoms with Crippen molar-refractivity contribution in [2.24, 2.45) is 5.73 Å². The molecule has 1 fully saturated rings. The van der Waals surface area contributed by atoms with E-state index in [0.717, 1.165) is 30.1 Å². The van der Waals surface area contributed by atoms with Crippen molar-refractivity contribution in [3.05, 3.63) is 16.1 Å². The predicted molar refractivity (Wildman–Crippen MR) is 97.4 cm³/mol. The first kappa shape index (κ1) is 21.6. The number of rotatable bonds is 3. The number of amides is 1. The first-order valence-electron chi connectivity index (χ1n) is 7.36. The highest BCUT2D eigenvalue weighted by Crippen LogP contribution is 2.26. The van der Waals surface area contributed by atoms with Gasteiger partial charge in [-0.25, -0.2) is 4.98 Å². The lowest BCUT2D eigenvalue weighted by atomic mass is 9.98. The van der Waals surface area contributed by atoms with Crippen LogP contribution in [0.5, 0.6) is 0 Å². The van der Waals surface area contributed by atoms with E-state index in [-0.39, 0.29) is 42.2 Å². The van der Waals surface area contributed by atoms with Crippen molar-refractivity contribution >= 4 is 42.1 Å². The Morgan fingerprint density at radius 2 is 2.09 bits per heavy atom. The van der Waals surface area contributed by atoms with Crippen molar-refractivity contribution in [3.63, 3.8) is 0 Å². The van der Waals surface area contributed by atoms with Gasteiger partial charge in [-0.2, -0.15) is 0 Å². The van der Waals surface area contributed by atoms with Crippen LogP contribution in [0.15, 0.2) is 5.38 Å². The van der Waals surface area contributed by atoms with E-state index in [9.17, 15) is 4.79 Å². The molecule has 0 aromatic carbocycles. The normalized spacial score (nSPS) is 18.4. The number of piperidine rings is 1. The van der Waals surface area contributed by atoms with Crippen molar-refractivity contribution in [2.75, 3.05) is 13.1 Å². The molecule has 1 aliphatic heterocycles. The highest BCUT2D eigenvalue weighted by molar-refractivity contribution is 7.09. The van der Waals surface area contributed by atoms with Crippen molar-refractivity contribution < 1.29 is 4.79 Å². The number of carbonyl (C=O) groups excluding carboxylic acids is 1. The topological polar surface area (TPSA) is 59.2 Å². The van der Waals surface area contributed by atoms with Crippen LogP contribution in [0.25, 0.3) is 0 Å². The molecule has 0 aliphatic carbocycles. The van der Waals surface area contributed by atoms with E-state index in [4.69, 9.17) is 5.73 Å². The van der Waals surface area contributed by atoms with Crippen LogP contribution < -0.4 is 5.73 Å². The van der Waals surface area contributed by atoms with Crippen LogP contribution in [0.2, 0.25) is 0 Å². The third-order valence-electron chi connectivity index (χ3n) is 3.75. The maximum Gasteiger partial charge on any atom is 0.228 e. The summed E-state index contributed by atoms with van der Waals surface area (Å²) in [7, 11) is 0. The molecular weight excluding hydrogens is 341 g/mol. The van der Waals surface area contributed by atoms with E-state index >= 15 is 0 Å². The van der Waals surface area contributed by atoms with Crippen LogP contribution >= 0.6 is 36.2 Å². The first-order chi connectivity index (χ1) is 9.41. The van der Waals surface area contributed by atoms with Gasteiger partial charge in [-0.15, -0.1) is 36.2 Å². The number of hydrogen-bond donors (Lipinski definition) is 1. The van der Waals surface area contributed by atoms with Gasteiger partial charge < -0.3 is 10.6 Å². The van der Waals surface area contributed by atoms with E-state index in [2.05, 4.69) is 25.8 Å². The Morgan fingerprint density at radius 3 is 2.64 bits per heavy atom. The monoisotopic (exact) mass is 367 g/mol. The van der Waals surface area contributed by atoms with Gasteiger partial charge in [-0.05, 0) is 19.3 Å². The van der Waals surface area contributed by atoms with Crippen LogP contribution in [0, 0.1) is 0 Å². The van der Waals surface area contributed by atoms with Gasteiger partial charge in [0.2, 0.25) is 5.91 Å². The third-order valence-corrected chi connectivity index (χ3v) is 5.06. The summed E-state index contributed by atoms with van der Waals surface area (Å²) in [5.41, 5.74) is 6.73. The lowest BCUT2D eigenvalue weighted by molar-refractivity contribution is -0.133. The van der Waals surface area contributed by atoms with Gasteiger partial charge in [0.25, 0.3) is 0 Å². The minimum atomic E-state index is 0. The number of thiazole rings is 1. The van der Waals surface area contributed by atoms with E-state index in [1.807, 2.05) is 10.3 Å². The minimum Gasteiger partial charge on any atom is -0.338 e. The highest BCUT2D eigenvalue weighted by atomic mass is 35.5. The first-order valence-corrected chi connectivity index (χ1v) is 8.24. The lowest BCUT2D eigenvalue weighted by Crippen LogP contribution is -2.48. The van der Waals surface area contributed by atoms with Crippen LogP contribution in [-0.2, 0) is 16.6 Å². The lowest BCUT2D eigenvalue weighted by Gasteiger charge is -2.35. The number of halogens is 2. The molecule has 1 amide bonds. The predicted octanol–water partition coefficient (Wildman–Crippen LogP) is 3.17. The quantitative estimate of drug-likeness (QED) is 0.892. The van der Waals surface area contributed by atoms with E-state index in [1.165, 1.54) is 6.42 Å². The summed E-state index contributed by atoms with van der Waals surface area (Å²) < 4.78 is 0. The molecule has 1 aromatic heterocycles. The van der Waals surface area contributed by atoms with E-state index < -0.39 is 0 Å². The van der Waals surface area contributed by atoms with Gasteiger partial charge >= 0.3 is 0 Å². The van der Waals surface area contributed by atoms with Crippen LogP contribution in [0.1, 0.15) is 50.7 Å². The number of nitrogens with two attached hydrogens (primary N) is 1. The van der Waals surface area contributed by atoms with E-state index in [1.54, 1.807) is 11.3 Å². The van der Waals surface area contributed by atoms with Crippen molar-refractivity contribution in [3.8, 4) is 0 Å². The fourth-order valence-corrected chi connectivity index (χ4v) is 3.47. The second kappa shape index (κ2) is 9.06. The molecular formula is C15H27Cl2N3OS. The van der Waals surface area contributed by atoms with E-state index in [0.29, 0.717) is 13.0 Å². The molecule has 0 radical (unpaired) electrons. The molecule has 0 saturated carbocycles. The molecule has 0 bridgehead atoms. The van der Waals surface area contributed by atoms with Crippen LogP contribution in [0.3, 0.4) is 0 Å². The Hall–Kier alpha value is -0.360. The summed E-state index contributed by atoms with van der Waals surface area (Å²) >= 11 is 1.65. The summed E-state index contributed by atoms with van der Waals surface area (Å²) in [6.45, 7) is 7.85. The summed E-state index contributed by atoms with van der Waals surface area (Å²) in [6.07, 6.45) is 3.71. The molecule has 1 aliphatic rings. The molecule has 1 unspecified atom stereocenters. The molecule has 4 nitrogen and oxygen atoms in total. The SMILES string of the molecule is CC(C)(C)c1nc(CC(=O)N2CCCCC2CN)cs1.Cl.Cl. The number of hydrogen-bond acceptors (Lipinski definition) is 4. The smallest absolute Gasteiger partial charge is 0.228 e. The second-order valence-corrected chi connectivity index (χ2v) is 7.40. The standard InChI is InChI=1S/C15H25N3OS.2ClH/c1-15(2,3)14-17-11(10-20-14)8-13(19)18-7-5-4-6-12(18)9-16;;/h10,12H,4-9,16H2,1-3H3;2*1H. The third kappa shape index (κ3) is 5.37. The number of nitrogens with zero attached hydrogens (tertiary/aromatic N) is 2. The Balaban J connectivity index is 0.00000220. The summed E-state index contributed by atoms with van der Waals surface area (Å²) in [5, 5.41) is 3.11. The Morgan fingerprint density at radius 1 is 1.41 bits per heavy atom. The van der Waals surface area contributed by atoms with Gasteiger partial charge in [0.1, 0.15) is 0 Å². The Labute approximate surface area is 149 Å². The summed E-state index contributed by atoms with van der Waals surface area (Å²) in [5.74, 6) is 0.172. The summed E-state index contributed by atoms with van der Waals surface area (Å²) in [6, 6.07) is 0.219. The molecule has 128 valence electrons. The minimum absolute atomic E-state index is 0. The molecule has 2 N–H and O–H groups in total. The van der Waals surface area contributed by atoms with Gasteiger partial charge in [0.05, 0.1) is 17.1 Å². The largest absolute Gasteiger partial charge is 0.338 e. The molecule has 1 saturated heterocycles. The van der Waals surface area contributed by atoms with Gasteiger partial charge in [0.15, 0.2) is 0 Å². The molecule has 1 atom stereocenters. The average molecular weight is 368 g/mol. The molecule has 0 spiro atoms. The number of likely N-dealkylation sites (tertiary alicyclic amines) is 1. The molecule has 22 heavy (non-hydrogen) atoms. The maximum atomic E-state index is 12.4. The Kier molecular flexibility index (Phi) is 8.91. The van der Waals surface area contributed by atoms with Crippen molar-refractivity contribution in [2.45, 2.75) is 57.9 Å². The van der Waals surface area contributed by atoms with Gasteiger partial charge in [-0.3, -0.25) is 4.79 Å². The Bertz CT molecular complexity index is 474. The summed E-state index contributed by atoms with van der Waals surface area (Å²) in [4.78, 5) is 19.0. The van der Waals surface area contributed by atoms with Crippen LogP contribution in [-0.4, -0.2) is 34.9 Å². The molecule has 2 rings (SSSR count). The fraction of sp³-hybridized carbons (Fsp3) is 0.733. The second-order valence-electron chi connectivity index (χ2n) is 6.54. The zero-order valence-electron chi connectivity index (χ0n) is 13.5. The van der Waals surface area contributed by atoms with Crippen molar-refractivity contribution in [1.82, 2.24) is 9.88 Å². The number of aromatic nitrogens is 1. The van der Waals surface area contributed by atoms with Crippen LogP contribution in [0.4, 0.5) is 0 Å². The number of carbonyl (C=O) groups is 1. The molecule has 7 heteroatoms. The maximum absolute atomic E-state index is 12.4. The highest BCUT2D eigenvalue weighted by Gasteiger charge is 2.26. The molecule has 2 heterocycles. The zero-order chi connectivity index (χ0) is 14.8. The average Bonchev–Trinajstić information content (AvgIpc) is 2.87.